The van der Waals surface area contributed by atoms with Crippen molar-refractivity contribution in [2.45, 2.75) is 13.5 Å². The summed E-state index contributed by atoms with van der Waals surface area (Å²) in [5.41, 5.74) is 1.45. The Labute approximate surface area is 104 Å². The Kier molecular flexibility index (Phi) is 3.95. The third-order valence-electron chi connectivity index (χ3n) is 2.79. The summed E-state index contributed by atoms with van der Waals surface area (Å²) in [4.78, 5) is 2.22. The Balaban J connectivity index is 2.13. The Morgan fingerprint density at radius 2 is 2.06 bits per heavy atom. The molecule has 0 radical (unpaired) electrons. The number of aryl methyl sites for hydroxylation is 1. The number of benzene rings is 1. The van der Waals surface area contributed by atoms with Gasteiger partial charge in [0.2, 0.25) is 0 Å². The van der Waals surface area contributed by atoms with E-state index in [0.717, 1.165) is 36.3 Å². The van der Waals surface area contributed by atoms with Crippen LogP contribution in [0.2, 0.25) is 0 Å². The molecule has 0 saturated carbocycles. The van der Waals surface area contributed by atoms with Gasteiger partial charge < -0.3 is 4.74 Å². The number of rotatable bonds is 2. The normalized spacial score (nSPS) is 17.7. The highest BCUT2D eigenvalue weighted by Gasteiger charge is 2.14. The van der Waals surface area contributed by atoms with E-state index in [2.05, 4.69) is 20.8 Å². The average Bonchev–Trinajstić information content (AvgIpc) is 2.27. The van der Waals surface area contributed by atoms with Gasteiger partial charge in [0.1, 0.15) is 5.82 Å². The molecule has 0 aromatic heterocycles. The number of halogens is 2. The van der Waals surface area contributed by atoms with E-state index < -0.39 is 0 Å². The number of morpholine rings is 1. The molecule has 0 N–H and O–H groups in total. The van der Waals surface area contributed by atoms with Crippen molar-refractivity contribution in [2.75, 3.05) is 26.3 Å². The van der Waals surface area contributed by atoms with Crippen LogP contribution < -0.4 is 0 Å². The summed E-state index contributed by atoms with van der Waals surface area (Å²) < 4.78 is 20.1. The molecule has 1 aromatic rings. The van der Waals surface area contributed by atoms with Gasteiger partial charge >= 0.3 is 0 Å². The monoisotopic (exact) mass is 287 g/mol. The first-order valence-corrected chi connectivity index (χ1v) is 6.21. The fraction of sp³-hybridized carbons (Fsp3) is 0.500. The molecular formula is C12H15BrFNO. The van der Waals surface area contributed by atoms with E-state index in [9.17, 15) is 4.39 Å². The molecule has 0 aliphatic carbocycles. The van der Waals surface area contributed by atoms with Gasteiger partial charge in [-0.3, -0.25) is 4.90 Å². The van der Waals surface area contributed by atoms with E-state index in [1.807, 2.05) is 6.07 Å². The summed E-state index contributed by atoms with van der Waals surface area (Å²) >= 11 is 3.40. The first-order valence-electron chi connectivity index (χ1n) is 5.41. The molecule has 0 unspecified atom stereocenters. The highest BCUT2D eigenvalue weighted by atomic mass is 79.9. The Morgan fingerprint density at radius 1 is 1.38 bits per heavy atom. The first kappa shape index (κ1) is 12.0. The summed E-state index contributed by atoms with van der Waals surface area (Å²) in [6, 6.07) is 3.66. The van der Waals surface area contributed by atoms with E-state index in [1.54, 1.807) is 13.0 Å². The fourth-order valence-electron chi connectivity index (χ4n) is 1.91. The van der Waals surface area contributed by atoms with Crippen LogP contribution in [0.5, 0.6) is 0 Å². The van der Waals surface area contributed by atoms with Crippen molar-refractivity contribution in [3.05, 3.63) is 33.5 Å². The Morgan fingerprint density at radius 3 is 2.75 bits per heavy atom. The fourth-order valence-corrected chi connectivity index (χ4v) is 2.53. The molecule has 2 rings (SSSR count). The van der Waals surface area contributed by atoms with Gasteiger partial charge in [-0.05, 0) is 24.6 Å². The molecule has 1 heterocycles. The highest BCUT2D eigenvalue weighted by molar-refractivity contribution is 9.10. The second kappa shape index (κ2) is 5.25. The standard InChI is InChI=1S/C12H15BrFNO/c1-9-6-11(13)7-10(12(9)14)8-15-2-4-16-5-3-15/h6-7H,2-5,8H2,1H3. The van der Waals surface area contributed by atoms with Crippen LogP contribution in [0, 0.1) is 12.7 Å². The van der Waals surface area contributed by atoms with E-state index in [4.69, 9.17) is 4.74 Å². The molecule has 2 nitrogen and oxygen atoms in total. The number of hydrogen-bond acceptors (Lipinski definition) is 2. The second-order valence-corrected chi connectivity index (χ2v) is 5.00. The van der Waals surface area contributed by atoms with E-state index >= 15 is 0 Å². The molecule has 4 heteroatoms. The maximum atomic E-state index is 13.9. The molecule has 0 atom stereocenters. The van der Waals surface area contributed by atoms with Crippen LogP contribution in [0.4, 0.5) is 4.39 Å². The second-order valence-electron chi connectivity index (χ2n) is 4.08. The van der Waals surface area contributed by atoms with Crippen molar-refractivity contribution in [2.24, 2.45) is 0 Å². The minimum Gasteiger partial charge on any atom is -0.379 e. The quantitative estimate of drug-likeness (QED) is 0.829. The molecule has 1 saturated heterocycles. The zero-order chi connectivity index (χ0) is 11.5. The maximum absolute atomic E-state index is 13.9. The van der Waals surface area contributed by atoms with E-state index in [0.29, 0.717) is 12.1 Å². The van der Waals surface area contributed by atoms with Gasteiger partial charge in [0.25, 0.3) is 0 Å². The van der Waals surface area contributed by atoms with Crippen molar-refractivity contribution in [1.29, 1.82) is 0 Å². The van der Waals surface area contributed by atoms with Gasteiger partial charge in [0.15, 0.2) is 0 Å². The Hall–Kier alpha value is -0.450. The zero-order valence-electron chi connectivity index (χ0n) is 9.30. The van der Waals surface area contributed by atoms with Gasteiger partial charge in [-0.15, -0.1) is 0 Å². The van der Waals surface area contributed by atoms with Crippen LogP contribution in [0.1, 0.15) is 11.1 Å². The summed E-state index contributed by atoms with van der Waals surface area (Å²) in [6.07, 6.45) is 0. The van der Waals surface area contributed by atoms with Crippen LogP contribution in [-0.4, -0.2) is 31.2 Å². The molecule has 0 spiro atoms. The third-order valence-corrected chi connectivity index (χ3v) is 3.25. The summed E-state index contributed by atoms with van der Waals surface area (Å²) in [5.74, 6) is -0.0882. The molecule has 0 bridgehead atoms. The van der Waals surface area contributed by atoms with Crippen LogP contribution in [0.3, 0.4) is 0 Å². The summed E-state index contributed by atoms with van der Waals surface area (Å²) in [6.45, 7) is 5.71. The number of ether oxygens (including phenoxy) is 1. The number of nitrogens with zero attached hydrogens (tertiary/aromatic N) is 1. The van der Waals surface area contributed by atoms with Crippen molar-refractivity contribution in [1.82, 2.24) is 4.90 Å². The van der Waals surface area contributed by atoms with Crippen molar-refractivity contribution in [3.8, 4) is 0 Å². The lowest BCUT2D eigenvalue weighted by Crippen LogP contribution is -2.35. The van der Waals surface area contributed by atoms with Crippen LogP contribution in [-0.2, 0) is 11.3 Å². The molecular weight excluding hydrogens is 273 g/mol. The smallest absolute Gasteiger partial charge is 0.130 e. The number of hydrogen-bond donors (Lipinski definition) is 0. The van der Waals surface area contributed by atoms with Crippen LogP contribution in [0.15, 0.2) is 16.6 Å². The van der Waals surface area contributed by atoms with Crippen molar-refractivity contribution in [3.63, 3.8) is 0 Å². The molecule has 0 amide bonds. The predicted molar refractivity (Wildman–Crippen MR) is 64.9 cm³/mol. The van der Waals surface area contributed by atoms with Crippen LogP contribution in [0.25, 0.3) is 0 Å². The van der Waals surface area contributed by atoms with Gasteiger partial charge in [0.05, 0.1) is 13.2 Å². The largest absolute Gasteiger partial charge is 0.379 e. The van der Waals surface area contributed by atoms with Crippen LogP contribution >= 0.6 is 15.9 Å². The topological polar surface area (TPSA) is 12.5 Å². The van der Waals surface area contributed by atoms with Gasteiger partial charge in [0, 0.05) is 29.7 Å². The van der Waals surface area contributed by atoms with Gasteiger partial charge in [-0.2, -0.15) is 0 Å². The molecule has 88 valence electrons. The van der Waals surface area contributed by atoms with E-state index in [-0.39, 0.29) is 5.82 Å². The lowest BCUT2D eigenvalue weighted by molar-refractivity contribution is 0.0337. The lowest BCUT2D eigenvalue weighted by Gasteiger charge is -2.26. The van der Waals surface area contributed by atoms with Crippen molar-refractivity contribution >= 4 is 15.9 Å². The van der Waals surface area contributed by atoms with Crippen molar-refractivity contribution < 1.29 is 9.13 Å². The SMILES string of the molecule is Cc1cc(Br)cc(CN2CCOCC2)c1F. The predicted octanol–water partition coefficient (Wildman–Crippen LogP) is 2.73. The molecule has 1 fully saturated rings. The average molecular weight is 288 g/mol. The van der Waals surface area contributed by atoms with Gasteiger partial charge in [-0.1, -0.05) is 15.9 Å². The van der Waals surface area contributed by atoms with Gasteiger partial charge in [-0.25, -0.2) is 4.39 Å². The summed E-state index contributed by atoms with van der Waals surface area (Å²) in [7, 11) is 0. The van der Waals surface area contributed by atoms with E-state index in [1.165, 1.54) is 0 Å². The third kappa shape index (κ3) is 2.81. The maximum Gasteiger partial charge on any atom is 0.130 e. The molecule has 1 aliphatic heterocycles. The molecule has 16 heavy (non-hydrogen) atoms. The highest BCUT2D eigenvalue weighted by Crippen LogP contribution is 2.21. The zero-order valence-corrected chi connectivity index (χ0v) is 10.9. The summed E-state index contributed by atoms with van der Waals surface area (Å²) in [5, 5.41) is 0. The molecule has 1 aliphatic rings. The minimum atomic E-state index is -0.0882. The minimum absolute atomic E-state index is 0.0882. The lowest BCUT2D eigenvalue weighted by atomic mass is 10.1. The Bertz CT molecular complexity index is 378. The molecule has 1 aromatic carbocycles. The first-order chi connectivity index (χ1) is 7.66.